The van der Waals surface area contributed by atoms with E-state index >= 15 is 0 Å². The van der Waals surface area contributed by atoms with Gasteiger partial charge in [-0.25, -0.2) is 0 Å². The van der Waals surface area contributed by atoms with Crippen molar-refractivity contribution in [2.45, 2.75) is 0 Å². The molecule has 0 spiro atoms. The lowest BCUT2D eigenvalue weighted by Crippen LogP contribution is -2.13. The van der Waals surface area contributed by atoms with Crippen LogP contribution in [0.4, 0.5) is 5.69 Å². The van der Waals surface area contributed by atoms with E-state index in [-0.39, 0.29) is 0 Å². The maximum atomic E-state index is 3.71. The molecule has 1 aromatic rings. The molecular weight excluding hydrogens is 166 g/mol. The number of anilines is 1. The number of hydrogen-bond acceptors (Lipinski definition) is 1. The zero-order valence-corrected chi connectivity index (χ0v) is 11.0. The number of rotatable bonds is 2. The molecule has 0 amide bonds. The first-order valence-electron chi connectivity index (χ1n) is 3.64. The molecule has 0 fully saturated rings. The second-order valence-corrected chi connectivity index (χ2v) is 7.16. The summed E-state index contributed by atoms with van der Waals surface area (Å²) in [5.41, 5.74) is 2.54. The first kappa shape index (κ1) is 8.29. The molecule has 58 valence electrons. The Morgan fingerprint density at radius 3 is 2.09 bits per heavy atom. The third kappa shape index (κ3) is 2.06. The van der Waals surface area contributed by atoms with Crippen LogP contribution in [0.5, 0.6) is 0 Å². The Bertz CT molecular complexity index is 241. The predicted octanol–water partition coefficient (Wildman–Crippen LogP) is -0.303. The van der Waals surface area contributed by atoms with E-state index < -0.39 is 0 Å². The van der Waals surface area contributed by atoms with Crippen LogP contribution in [-0.4, -0.2) is 20.8 Å². The van der Waals surface area contributed by atoms with Crippen LogP contribution in [-0.2, 0) is 0 Å². The molecule has 0 saturated heterocycles. The smallest absolute Gasteiger partial charge is 0.0965 e. The molecule has 0 aliphatic rings. The molecule has 0 N–H and O–H groups in total. The molecule has 0 atom stereocenters. The summed E-state index contributed by atoms with van der Waals surface area (Å²) in [7, 11) is 2.25. The molecule has 11 heavy (non-hydrogen) atoms. The lowest BCUT2D eigenvalue weighted by atomic mass is 10.2. The second-order valence-electron chi connectivity index (χ2n) is 2.69. The predicted molar refractivity (Wildman–Crippen MR) is 58.9 cm³/mol. The van der Waals surface area contributed by atoms with Gasteiger partial charge in [0, 0.05) is 5.69 Å². The summed E-state index contributed by atoms with van der Waals surface area (Å²) in [6, 6.07) is 8.50. The largest absolute Gasteiger partial charge is 0.439 e. The van der Waals surface area contributed by atoms with E-state index in [0.717, 1.165) is 20.8 Å². The summed E-state index contributed by atoms with van der Waals surface area (Å²) < 4.78 is 2.35. The zero-order chi connectivity index (χ0) is 8.27. The van der Waals surface area contributed by atoms with Crippen molar-refractivity contribution in [3.8, 4) is 0 Å². The molecule has 0 aromatic heterocycles. The van der Waals surface area contributed by atoms with Gasteiger partial charge in [0.15, 0.2) is 0 Å². The minimum atomic E-state index is 1.13. The Balaban J connectivity index is 2.91. The minimum absolute atomic E-state index is 1.13. The molecular formula is C8H13NSi2. The van der Waals surface area contributed by atoms with Crippen molar-refractivity contribution in [2.75, 3.05) is 4.23 Å². The van der Waals surface area contributed by atoms with Crippen LogP contribution in [0.2, 0.25) is 0 Å². The fourth-order valence-electron chi connectivity index (χ4n) is 0.909. The van der Waals surface area contributed by atoms with Gasteiger partial charge in [-0.2, -0.15) is 0 Å². The summed E-state index contributed by atoms with van der Waals surface area (Å²) in [5, 5.41) is 0. The van der Waals surface area contributed by atoms with E-state index in [9.17, 15) is 0 Å². The number of hydrogen-bond donors (Lipinski definition) is 0. The van der Waals surface area contributed by atoms with Crippen LogP contribution in [0.15, 0.2) is 30.8 Å². The Morgan fingerprint density at radius 1 is 1.18 bits per heavy atom. The number of nitrogens with zero attached hydrogens (tertiary/aromatic N) is 1. The van der Waals surface area contributed by atoms with Gasteiger partial charge in [-0.15, -0.1) is 0 Å². The first-order chi connectivity index (χ1) is 5.24. The van der Waals surface area contributed by atoms with Crippen LogP contribution in [0.1, 0.15) is 5.56 Å². The van der Waals surface area contributed by atoms with Gasteiger partial charge in [0.1, 0.15) is 0 Å². The van der Waals surface area contributed by atoms with Gasteiger partial charge in [-0.3, -0.25) is 0 Å². The highest BCUT2D eigenvalue weighted by Crippen LogP contribution is 2.11. The van der Waals surface area contributed by atoms with Crippen LogP contribution >= 0.6 is 0 Å². The van der Waals surface area contributed by atoms with E-state index in [0.29, 0.717) is 0 Å². The van der Waals surface area contributed by atoms with Crippen molar-refractivity contribution in [2.24, 2.45) is 0 Å². The summed E-state index contributed by atoms with van der Waals surface area (Å²) in [6.45, 7) is 3.71. The summed E-state index contributed by atoms with van der Waals surface area (Å²) in [6.07, 6.45) is 1.87. The first-order valence-corrected chi connectivity index (χ1v) is 5.43. The monoisotopic (exact) mass is 179 g/mol. The third-order valence-electron chi connectivity index (χ3n) is 1.65. The molecule has 0 bridgehead atoms. The van der Waals surface area contributed by atoms with Gasteiger partial charge in [0.25, 0.3) is 0 Å². The van der Waals surface area contributed by atoms with Gasteiger partial charge in [-0.1, -0.05) is 24.8 Å². The summed E-state index contributed by atoms with van der Waals surface area (Å²) in [4.78, 5) is 0. The zero-order valence-electron chi connectivity index (χ0n) is 7.04. The van der Waals surface area contributed by atoms with Crippen LogP contribution in [0, 0.1) is 0 Å². The van der Waals surface area contributed by atoms with Crippen molar-refractivity contribution < 1.29 is 0 Å². The van der Waals surface area contributed by atoms with Gasteiger partial charge in [0.05, 0.1) is 20.8 Å². The Hall–Kier alpha value is -0.806. The minimum Gasteiger partial charge on any atom is -0.439 e. The SMILES string of the molecule is C=Cc1ccc(N([SiH3])[SiH3])cc1. The summed E-state index contributed by atoms with van der Waals surface area (Å²) in [5.74, 6) is 0. The van der Waals surface area contributed by atoms with Gasteiger partial charge in [0.2, 0.25) is 0 Å². The standard InChI is InChI=1S/C8H13NSi2/c1-2-7-3-5-8(6-4-7)9(10)11/h2-6H,1H2,10-11H3. The average Bonchev–Trinajstić information content (AvgIpc) is 2.05. The van der Waals surface area contributed by atoms with Crippen molar-refractivity contribution in [3.63, 3.8) is 0 Å². The van der Waals surface area contributed by atoms with Gasteiger partial charge in [-0.05, 0) is 17.7 Å². The van der Waals surface area contributed by atoms with E-state index in [1.54, 1.807) is 0 Å². The Kier molecular flexibility index (Phi) is 2.67. The molecule has 1 rings (SSSR count). The molecule has 1 aromatic carbocycles. The average molecular weight is 179 g/mol. The van der Waals surface area contributed by atoms with E-state index in [4.69, 9.17) is 0 Å². The quantitative estimate of drug-likeness (QED) is 0.563. The lowest BCUT2D eigenvalue weighted by Gasteiger charge is -2.12. The lowest BCUT2D eigenvalue weighted by molar-refractivity contribution is 1.56. The van der Waals surface area contributed by atoms with Crippen LogP contribution in [0.25, 0.3) is 6.08 Å². The highest BCUT2D eigenvalue weighted by Gasteiger charge is 1.91. The van der Waals surface area contributed by atoms with Crippen LogP contribution in [0.3, 0.4) is 0 Å². The van der Waals surface area contributed by atoms with Crippen molar-refractivity contribution in [1.29, 1.82) is 0 Å². The van der Waals surface area contributed by atoms with Crippen molar-refractivity contribution in [3.05, 3.63) is 36.4 Å². The molecule has 3 heteroatoms. The Morgan fingerprint density at radius 2 is 1.73 bits per heavy atom. The fraction of sp³-hybridized carbons (Fsp3) is 0. The molecule has 0 unspecified atom stereocenters. The molecule has 0 aliphatic heterocycles. The highest BCUT2D eigenvalue weighted by molar-refractivity contribution is 6.41. The normalized spacial score (nSPS) is 9.82. The van der Waals surface area contributed by atoms with Gasteiger partial charge >= 0.3 is 0 Å². The molecule has 0 aliphatic carbocycles. The third-order valence-corrected chi connectivity index (χ3v) is 2.68. The van der Waals surface area contributed by atoms with Gasteiger partial charge < -0.3 is 4.23 Å². The van der Waals surface area contributed by atoms with Crippen molar-refractivity contribution in [1.82, 2.24) is 0 Å². The molecule has 0 heterocycles. The van der Waals surface area contributed by atoms with Crippen LogP contribution < -0.4 is 4.23 Å². The maximum Gasteiger partial charge on any atom is 0.0965 e. The topological polar surface area (TPSA) is 3.24 Å². The summed E-state index contributed by atoms with van der Waals surface area (Å²) >= 11 is 0. The highest BCUT2D eigenvalue weighted by atomic mass is 28.2. The molecule has 0 saturated carbocycles. The second kappa shape index (κ2) is 3.55. The van der Waals surface area contributed by atoms with E-state index in [1.807, 2.05) is 6.08 Å². The Labute approximate surface area is 73.7 Å². The molecule has 1 nitrogen and oxygen atoms in total. The molecule has 0 radical (unpaired) electrons. The van der Waals surface area contributed by atoms with Crippen molar-refractivity contribution >= 4 is 32.6 Å². The van der Waals surface area contributed by atoms with E-state index in [1.165, 1.54) is 11.3 Å². The van der Waals surface area contributed by atoms with E-state index in [2.05, 4.69) is 35.1 Å². The fourth-order valence-corrected chi connectivity index (χ4v) is 1.50. The number of benzene rings is 1. The maximum absolute atomic E-state index is 3.71.